The van der Waals surface area contributed by atoms with Gasteiger partial charge in [-0.2, -0.15) is 0 Å². The Morgan fingerprint density at radius 1 is 0.636 bits per heavy atom. The lowest BCUT2D eigenvalue weighted by Crippen LogP contribution is -1.94. The van der Waals surface area contributed by atoms with Crippen molar-refractivity contribution in [3.05, 3.63) is 67.6 Å². The van der Waals surface area contributed by atoms with Gasteiger partial charge in [-0.15, -0.1) is 0 Å². The Bertz CT molecular complexity index is 654. The molecule has 2 aromatic rings. The minimum atomic E-state index is -1.01. The highest BCUT2D eigenvalue weighted by molar-refractivity contribution is 6.42. The van der Waals surface area contributed by atoms with E-state index in [1.54, 1.807) is 0 Å². The fourth-order valence-electron chi connectivity index (χ4n) is 1.26. The van der Waals surface area contributed by atoms with E-state index in [1.807, 2.05) is 0 Å². The topological polar surface area (TPSA) is 74.6 Å². The third-order valence-electron chi connectivity index (χ3n) is 2.33. The van der Waals surface area contributed by atoms with Crippen LogP contribution >= 0.6 is 46.4 Å². The summed E-state index contributed by atoms with van der Waals surface area (Å²) in [6, 6.07) is 8.33. The van der Waals surface area contributed by atoms with Crippen molar-refractivity contribution in [1.29, 1.82) is 0 Å². The van der Waals surface area contributed by atoms with Gasteiger partial charge in [0.25, 0.3) is 0 Å². The molecule has 8 heteroatoms. The Labute approximate surface area is 145 Å². The zero-order valence-corrected chi connectivity index (χ0v) is 13.7. The molecule has 0 heterocycles. The molecule has 22 heavy (non-hydrogen) atoms. The van der Waals surface area contributed by atoms with E-state index >= 15 is 0 Å². The quantitative estimate of drug-likeness (QED) is 0.731. The summed E-state index contributed by atoms with van der Waals surface area (Å²) in [6.07, 6.45) is 0. The van der Waals surface area contributed by atoms with Gasteiger partial charge in [0.15, 0.2) is 0 Å². The van der Waals surface area contributed by atoms with Crippen molar-refractivity contribution < 1.29 is 19.8 Å². The average molecular weight is 382 g/mol. The van der Waals surface area contributed by atoms with Gasteiger partial charge in [0.1, 0.15) is 0 Å². The van der Waals surface area contributed by atoms with Crippen LogP contribution in [-0.4, -0.2) is 22.2 Å². The van der Waals surface area contributed by atoms with E-state index in [0.717, 1.165) is 0 Å². The number of carboxylic acid groups (broad SMARTS) is 2. The first-order valence-electron chi connectivity index (χ1n) is 5.59. The predicted molar refractivity (Wildman–Crippen MR) is 86.8 cm³/mol. The van der Waals surface area contributed by atoms with Crippen LogP contribution in [-0.2, 0) is 0 Å². The lowest BCUT2D eigenvalue weighted by atomic mass is 10.2. The number of halogens is 4. The van der Waals surface area contributed by atoms with Gasteiger partial charge in [0.2, 0.25) is 0 Å². The summed E-state index contributed by atoms with van der Waals surface area (Å²) in [6.45, 7) is 0. The van der Waals surface area contributed by atoms with Gasteiger partial charge in [-0.05, 0) is 36.4 Å². The molecule has 0 saturated carbocycles. The lowest BCUT2D eigenvalue weighted by Gasteiger charge is -1.96. The molecule has 0 fully saturated rings. The van der Waals surface area contributed by atoms with Gasteiger partial charge in [0.05, 0.1) is 31.2 Å². The van der Waals surface area contributed by atoms with Crippen LogP contribution < -0.4 is 0 Å². The normalized spacial score (nSPS) is 9.64. The second-order valence-corrected chi connectivity index (χ2v) is 5.50. The molecule has 0 spiro atoms. The Morgan fingerprint density at radius 3 is 1.18 bits per heavy atom. The maximum absolute atomic E-state index is 10.4. The van der Waals surface area contributed by atoms with Crippen LogP contribution in [0.15, 0.2) is 36.4 Å². The minimum Gasteiger partial charge on any atom is -0.478 e. The summed E-state index contributed by atoms with van der Waals surface area (Å²) in [5.41, 5.74) is 0.277. The molecule has 0 unspecified atom stereocenters. The first-order chi connectivity index (χ1) is 10.2. The number of aromatic carboxylic acids is 2. The van der Waals surface area contributed by atoms with Gasteiger partial charge >= 0.3 is 11.9 Å². The number of carboxylic acids is 2. The molecule has 0 amide bonds. The summed E-state index contributed by atoms with van der Waals surface area (Å²) in [5.74, 6) is -2.02. The second-order valence-electron chi connectivity index (χ2n) is 3.87. The molecule has 2 N–H and O–H groups in total. The fourth-order valence-corrected chi connectivity index (χ4v) is 1.85. The molecular formula is C14H8Cl4O4. The third kappa shape index (κ3) is 5.39. The third-order valence-corrected chi connectivity index (χ3v) is 3.81. The van der Waals surface area contributed by atoms with Gasteiger partial charge in [-0.1, -0.05) is 46.4 Å². The Balaban J connectivity index is 0.000000220. The molecule has 0 aromatic heterocycles. The number of hydrogen-bond acceptors (Lipinski definition) is 2. The molecule has 116 valence electrons. The zero-order chi connectivity index (χ0) is 16.9. The fraction of sp³-hybridized carbons (Fsp3) is 0. The van der Waals surface area contributed by atoms with Crippen LogP contribution in [0.1, 0.15) is 20.7 Å². The number of rotatable bonds is 2. The largest absolute Gasteiger partial charge is 0.478 e. The van der Waals surface area contributed by atoms with Crippen LogP contribution in [0.3, 0.4) is 0 Å². The highest BCUT2D eigenvalue weighted by Crippen LogP contribution is 2.23. The molecule has 0 aliphatic rings. The van der Waals surface area contributed by atoms with Crippen LogP contribution in [0, 0.1) is 0 Å². The monoisotopic (exact) mass is 380 g/mol. The van der Waals surface area contributed by atoms with E-state index in [0.29, 0.717) is 10.0 Å². The maximum atomic E-state index is 10.4. The molecule has 0 saturated heterocycles. The van der Waals surface area contributed by atoms with Gasteiger partial charge in [-0.25, -0.2) is 9.59 Å². The van der Waals surface area contributed by atoms with Crippen molar-refractivity contribution >= 4 is 58.3 Å². The van der Waals surface area contributed by atoms with E-state index in [1.165, 1.54) is 36.4 Å². The predicted octanol–water partition coefficient (Wildman–Crippen LogP) is 5.38. The molecule has 2 rings (SSSR count). The number of hydrogen-bond donors (Lipinski definition) is 2. The summed E-state index contributed by atoms with van der Waals surface area (Å²) in [7, 11) is 0. The van der Waals surface area contributed by atoms with Gasteiger partial charge < -0.3 is 10.2 Å². The molecule has 0 aliphatic carbocycles. The van der Waals surface area contributed by atoms with E-state index in [9.17, 15) is 9.59 Å². The second kappa shape index (κ2) is 8.25. The van der Waals surface area contributed by atoms with Gasteiger partial charge in [-0.3, -0.25) is 0 Å². The van der Waals surface area contributed by atoms with Crippen molar-refractivity contribution in [1.82, 2.24) is 0 Å². The van der Waals surface area contributed by atoms with E-state index < -0.39 is 11.9 Å². The minimum absolute atomic E-state index is 0.138. The van der Waals surface area contributed by atoms with E-state index in [4.69, 9.17) is 56.6 Å². The SMILES string of the molecule is O=C(O)c1ccc(Cl)c(Cl)c1.O=C(O)c1ccc(Cl)c(Cl)c1. The van der Waals surface area contributed by atoms with Crippen molar-refractivity contribution in [3.63, 3.8) is 0 Å². The summed E-state index contributed by atoms with van der Waals surface area (Å²) in [5, 5.41) is 18.2. The van der Waals surface area contributed by atoms with Crippen molar-refractivity contribution in [3.8, 4) is 0 Å². The number of carbonyl (C=O) groups is 2. The summed E-state index contributed by atoms with van der Waals surface area (Å²) in [4.78, 5) is 20.7. The maximum Gasteiger partial charge on any atom is 0.335 e. The Hall–Kier alpha value is -1.46. The van der Waals surface area contributed by atoms with Crippen LogP contribution in [0.2, 0.25) is 20.1 Å². The van der Waals surface area contributed by atoms with Gasteiger partial charge in [0, 0.05) is 0 Å². The lowest BCUT2D eigenvalue weighted by molar-refractivity contribution is 0.0686. The van der Waals surface area contributed by atoms with E-state index in [-0.39, 0.29) is 21.2 Å². The molecule has 0 radical (unpaired) electrons. The van der Waals surface area contributed by atoms with Crippen molar-refractivity contribution in [2.75, 3.05) is 0 Å². The molecule has 0 bridgehead atoms. The zero-order valence-electron chi connectivity index (χ0n) is 10.7. The molecule has 4 nitrogen and oxygen atoms in total. The summed E-state index contributed by atoms with van der Waals surface area (Å²) >= 11 is 22.2. The number of benzene rings is 2. The van der Waals surface area contributed by atoms with E-state index in [2.05, 4.69) is 0 Å². The first kappa shape index (κ1) is 18.6. The molecular weight excluding hydrogens is 374 g/mol. The highest BCUT2D eigenvalue weighted by atomic mass is 35.5. The standard InChI is InChI=1S/2C7H4Cl2O2/c2*8-5-2-1-4(7(10)11)3-6(5)9/h2*1-3H,(H,10,11). The Kier molecular flexibility index (Phi) is 6.97. The van der Waals surface area contributed by atoms with Crippen molar-refractivity contribution in [2.24, 2.45) is 0 Å². The molecule has 0 atom stereocenters. The van der Waals surface area contributed by atoms with Crippen molar-refractivity contribution in [2.45, 2.75) is 0 Å². The van der Waals surface area contributed by atoms with Crippen LogP contribution in [0.25, 0.3) is 0 Å². The smallest absolute Gasteiger partial charge is 0.335 e. The average Bonchev–Trinajstić information content (AvgIpc) is 2.45. The van der Waals surface area contributed by atoms with Crippen LogP contribution in [0.5, 0.6) is 0 Å². The van der Waals surface area contributed by atoms with Crippen LogP contribution in [0.4, 0.5) is 0 Å². The molecule has 2 aromatic carbocycles. The summed E-state index contributed by atoms with van der Waals surface area (Å²) < 4.78 is 0. The molecule has 0 aliphatic heterocycles. The Morgan fingerprint density at radius 2 is 0.955 bits per heavy atom. The highest BCUT2D eigenvalue weighted by Gasteiger charge is 2.05. The first-order valence-corrected chi connectivity index (χ1v) is 7.10.